The van der Waals surface area contributed by atoms with Crippen LogP contribution in [0.1, 0.15) is 17.4 Å². The van der Waals surface area contributed by atoms with Gasteiger partial charge in [-0.1, -0.05) is 30.7 Å². The maximum absolute atomic E-state index is 12.4. The van der Waals surface area contributed by atoms with Gasteiger partial charge in [0.15, 0.2) is 0 Å². The van der Waals surface area contributed by atoms with Gasteiger partial charge in [0.05, 0.1) is 4.90 Å². The lowest BCUT2D eigenvalue weighted by atomic mass is 10.2. The number of nitrogens with one attached hydrogen (secondary N) is 2. The molecule has 1 heterocycles. The molecular weight excluding hydrogens is 328 g/mol. The van der Waals surface area contributed by atoms with E-state index in [2.05, 4.69) is 10.0 Å². The Bertz CT molecular complexity index is 681. The second kappa shape index (κ2) is 7.38. The van der Waals surface area contributed by atoms with Gasteiger partial charge in [-0.05, 0) is 35.7 Å². The van der Waals surface area contributed by atoms with Crippen molar-refractivity contribution < 1.29 is 8.42 Å². The molecule has 0 atom stereocenters. The Balaban J connectivity index is 2.08. The zero-order valence-electron chi connectivity index (χ0n) is 11.6. The summed E-state index contributed by atoms with van der Waals surface area (Å²) in [6.45, 7) is 3.59. The number of rotatable bonds is 7. The van der Waals surface area contributed by atoms with Crippen molar-refractivity contribution in [3.8, 4) is 0 Å². The van der Waals surface area contributed by atoms with Crippen LogP contribution in [0, 0.1) is 0 Å². The van der Waals surface area contributed by atoms with E-state index in [1.807, 2.05) is 6.92 Å². The zero-order chi connectivity index (χ0) is 15.3. The molecule has 1 aromatic heterocycles. The summed E-state index contributed by atoms with van der Waals surface area (Å²) in [6, 6.07) is 8.73. The molecule has 0 amide bonds. The molecule has 2 rings (SSSR count). The van der Waals surface area contributed by atoms with Gasteiger partial charge in [0.2, 0.25) is 10.0 Å². The van der Waals surface area contributed by atoms with E-state index in [4.69, 9.17) is 11.6 Å². The van der Waals surface area contributed by atoms with Crippen LogP contribution in [0.15, 0.2) is 40.6 Å². The van der Waals surface area contributed by atoms with Crippen molar-refractivity contribution in [1.29, 1.82) is 0 Å². The molecule has 0 saturated heterocycles. The highest BCUT2D eigenvalue weighted by atomic mass is 35.5. The third-order valence-electron chi connectivity index (χ3n) is 2.91. The molecular formula is C14H17ClN2O2S2. The standard InChI is InChI=1S/C14H17ClN2O2S2/c1-2-16-10-13-14(7-8-20-13)21(18,19)17-9-11-3-5-12(15)6-4-11/h3-8,16-17H,2,9-10H2,1H3. The number of sulfonamides is 1. The molecule has 0 aliphatic heterocycles. The molecule has 7 heteroatoms. The number of halogens is 1. The summed E-state index contributed by atoms with van der Waals surface area (Å²) in [5.74, 6) is 0. The fraction of sp³-hybridized carbons (Fsp3) is 0.286. The molecule has 0 radical (unpaired) electrons. The van der Waals surface area contributed by atoms with Gasteiger partial charge >= 0.3 is 0 Å². The molecule has 4 nitrogen and oxygen atoms in total. The van der Waals surface area contributed by atoms with Gasteiger partial charge in [-0.3, -0.25) is 0 Å². The molecule has 0 unspecified atom stereocenters. The zero-order valence-corrected chi connectivity index (χ0v) is 14.0. The van der Waals surface area contributed by atoms with E-state index >= 15 is 0 Å². The molecule has 0 fully saturated rings. The maximum atomic E-state index is 12.4. The third-order valence-corrected chi connectivity index (χ3v) is 5.70. The van der Waals surface area contributed by atoms with E-state index in [1.165, 1.54) is 11.3 Å². The Kier molecular flexibility index (Phi) is 5.78. The lowest BCUT2D eigenvalue weighted by molar-refractivity contribution is 0.579. The Morgan fingerprint density at radius 2 is 1.86 bits per heavy atom. The largest absolute Gasteiger partial charge is 0.312 e. The van der Waals surface area contributed by atoms with Crippen LogP contribution >= 0.6 is 22.9 Å². The van der Waals surface area contributed by atoms with Crippen molar-refractivity contribution in [2.75, 3.05) is 6.54 Å². The molecule has 21 heavy (non-hydrogen) atoms. The first kappa shape index (κ1) is 16.5. The lowest BCUT2D eigenvalue weighted by Gasteiger charge is -2.08. The summed E-state index contributed by atoms with van der Waals surface area (Å²) in [7, 11) is -3.50. The van der Waals surface area contributed by atoms with E-state index in [9.17, 15) is 8.42 Å². The van der Waals surface area contributed by atoms with Crippen molar-refractivity contribution in [2.45, 2.75) is 24.9 Å². The van der Waals surface area contributed by atoms with E-state index in [-0.39, 0.29) is 6.54 Å². The number of thiophene rings is 1. The maximum Gasteiger partial charge on any atom is 0.242 e. The summed E-state index contributed by atoms with van der Waals surface area (Å²) < 4.78 is 27.3. The third kappa shape index (κ3) is 4.52. The molecule has 0 aliphatic rings. The first-order valence-electron chi connectivity index (χ1n) is 6.54. The Morgan fingerprint density at radius 1 is 1.14 bits per heavy atom. The van der Waals surface area contributed by atoms with Crippen molar-refractivity contribution in [3.05, 3.63) is 51.2 Å². The predicted octanol–water partition coefficient (Wildman–Crippen LogP) is 2.99. The fourth-order valence-corrected chi connectivity index (χ4v) is 4.35. The van der Waals surface area contributed by atoms with Gasteiger partial charge in [0.1, 0.15) is 0 Å². The van der Waals surface area contributed by atoms with Gasteiger partial charge in [0, 0.05) is 23.0 Å². The predicted molar refractivity (Wildman–Crippen MR) is 87.2 cm³/mol. The monoisotopic (exact) mass is 344 g/mol. The van der Waals surface area contributed by atoms with Crippen LogP contribution in [0.5, 0.6) is 0 Å². The van der Waals surface area contributed by atoms with Crippen LogP contribution in [-0.4, -0.2) is 15.0 Å². The fourth-order valence-electron chi connectivity index (χ4n) is 1.79. The van der Waals surface area contributed by atoms with Crippen molar-refractivity contribution >= 4 is 33.0 Å². The summed E-state index contributed by atoms with van der Waals surface area (Å²) in [5.41, 5.74) is 0.867. The Labute approximate surface area is 134 Å². The molecule has 2 aromatic rings. The second-order valence-corrected chi connectivity index (χ2v) is 7.61. The van der Waals surface area contributed by atoms with Crippen LogP contribution in [0.3, 0.4) is 0 Å². The van der Waals surface area contributed by atoms with E-state index in [0.29, 0.717) is 16.5 Å². The minimum absolute atomic E-state index is 0.246. The summed E-state index contributed by atoms with van der Waals surface area (Å²) in [4.78, 5) is 1.17. The summed E-state index contributed by atoms with van der Waals surface area (Å²) in [6.07, 6.45) is 0. The summed E-state index contributed by atoms with van der Waals surface area (Å²) >= 11 is 7.25. The highest BCUT2D eigenvalue weighted by Crippen LogP contribution is 2.22. The molecule has 2 N–H and O–H groups in total. The topological polar surface area (TPSA) is 58.2 Å². The van der Waals surface area contributed by atoms with Crippen LogP contribution in [0.4, 0.5) is 0 Å². The van der Waals surface area contributed by atoms with Crippen molar-refractivity contribution in [1.82, 2.24) is 10.0 Å². The first-order valence-corrected chi connectivity index (χ1v) is 9.28. The van der Waals surface area contributed by atoms with Gasteiger partial charge in [-0.15, -0.1) is 11.3 Å². The molecule has 0 bridgehead atoms. The van der Waals surface area contributed by atoms with Crippen molar-refractivity contribution in [2.24, 2.45) is 0 Å². The number of benzene rings is 1. The van der Waals surface area contributed by atoms with Crippen LogP contribution < -0.4 is 10.0 Å². The van der Waals surface area contributed by atoms with E-state index < -0.39 is 10.0 Å². The van der Waals surface area contributed by atoms with E-state index in [1.54, 1.807) is 35.7 Å². The van der Waals surface area contributed by atoms with Gasteiger partial charge in [-0.2, -0.15) is 0 Å². The highest BCUT2D eigenvalue weighted by Gasteiger charge is 2.19. The van der Waals surface area contributed by atoms with Gasteiger partial charge < -0.3 is 5.32 Å². The molecule has 0 aliphatic carbocycles. The quantitative estimate of drug-likeness (QED) is 0.811. The minimum Gasteiger partial charge on any atom is -0.312 e. The average molecular weight is 345 g/mol. The second-order valence-electron chi connectivity index (χ2n) is 4.44. The van der Waals surface area contributed by atoms with Crippen LogP contribution in [0.25, 0.3) is 0 Å². The van der Waals surface area contributed by atoms with Crippen LogP contribution in [0.2, 0.25) is 5.02 Å². The lowest BCUT2D eigenvalue weighted by Crippen LogP contribution is -2.24. The van der Waals surface area contributed by atoms with E-state index in [0.717, 1.165) is 17.0 Å². The number of hydrogen-bond donors (Lipinski definition) is 2. The molecule has 114 valence electrons. The Morgan fingerprint density at radius 3 is 2.52 bits per heavy atom. The van der Waals surface area contributed by atoms with Crippen LogP contribution in [-0.2, 0) is 23.1 Å². The van der Waals surface area contributed by atoms with Gasteiger partial charge in [-0.25, -0.2) is 13.1 Å². The van der Waals surface area contributed by atoms with Crippen molar-refractivity contribution in [3.63, 3.8) is 0 Å². The molecule has 0 spiro atoms. The van der Waals surface area contributed by atoms with Gasteiger partial charge in [0.25, 0.3) is 0 Å². The SMILES string of the molecule is CCNCc1sccc1S(=O)(=O)NCc1ccc(Cl)cc1. The number of hydrogen-bond acceptors (Lipinski definition) is 4. The Hall–Kier alpha value is -0.920. The molecule has 0 saturated carbocycles. The smallest absolute Gasteiger partial charge is 0.242 e. The average Bonchev–Trinajstić information content (AvgIpc) is 2.94. The molecule has 1 aromatic carbocycles. The normalized spacial score (nSPS) is 11.7. The summed E-state index contributed by atoms with van der Waals surface area (Å²) in [5, 5.41) is 5.57. The first-order chi connectivity index (χ1) is 10.0. The highest BCUT2D eigenvalue weighted by molar-refractivity contribution is 7.89. The minimum atomic E-state index is -3.50.